The van der Waals surface area contributed by atoms with E-state index in [2.05, 4.69) is 34.2 Å². The summed E-state index contributed by atoms with van der Waals surface area (Å²) in [5.41, 5.74) is 1.42. The Morgan fingerprint density at radius 3 is 2.38 bits per heavy atom. The first-order valence-electron chi connectivity index (χ1n) is 11.6. The number of hydrogen-bond acceptors (Lipinski definition) is 4. The highest BCUT2D eigenvalue weighted by molar-refractivity contribution is 7.02. The Morgan fingerprint density at radius 2 is 1.79 bits per heavy atom. The molecule has 0 spiro atoms. The first-order valence-corrected chi connectivity index (χ1v) is 13.2. The van der Waals surface area contributed by atoms with Gasteiger partial charge in [0.25, 0.3) is 0 Å². The molecule has 0 unspecified atom stereocenters. The molecule has 0 aliphatic carbocycles. The number of H-pyrrole nitrogens is 1. The quantitative estimate of drug-likeness (QED) is 0.382. The summed E-state index contributed by atoms with van der Waals surface area (Å²) >= 11 is 13.5. The van der Waals surface area contributed by atoms with Crippen LogP contribution in [0.1, 0.15) is 68.9 Å². The molecule has 0 radical (unpaired) electrons. The minimum atomic E-state index is -0.727. The molecule has 1 aliphatic rings. The summed E-state index contributed by atoms with van der Waals surface area (Å²) in [5.74, 6) is 0.659. The van der Waals surface area contributed by atoms with Gasteiger partial charge in [-0.1, -0.05) is 68.2 Å². The van der Waals surface area contributed by atoms with Crippen molar-refractivity contribution in [1.29, 1.82) is 0 Å². The van der Waals surface area contributed by atoms with Crippen LogP contribution < -0.4 is 4.87 Å². The van der Waals surface area contributed by atoms with Gasteiger partial charge in [-0.15, -0.1) is 0 Å². The number of likely N-dealkylation sites (tertiary alicyclic amines) is 1. The fourth-order valence-corrected chi connectivity index (χ4v) is 6.13. The van der Waals surface area contributed by atoms with Crippen LogP contribution in [0, 0.1) is 5.41 Å². The van der Waals surface area contributed by atoms with Gasteiger partial charge in [0, 0.05) is 40.0 Å². The molecule has 34 heavy (non-hydrogen) atoms. The molecule has 0 bridgehead atoms. The molecule has 5 nitrogen and oxygen atoms in total. The molecule has 2 aromatic carbocycles. The number of rotatable bonds is 7. The van der Waals surface area contributed by atoms with E-state index in [4.69, 9.17) is 23.2 Å². The predicted molar refractivity (Wildman–Crippen MR) is 139 cm³/mol. The van der Waals surface area contributed by atoms with Gasteiger partial charge < -0.3 is 4.90 Å². The summed E-state index contributed by atoms with van der Waals surface area (Å²) < 4.78 is 4.27. The van der Waals surface area contributed by atoms with Gasteiger partial charge in [0.05, 0.1) is 11.5 Å². The fourth-order valence-electron chi connectivity index (χ4n) is 5.34. The second kappa shape index (κ2) is 10.2. The molecule has 3 aromatic rings. The molecule has 180 valence electrons. The maximum absolute atomic E-state index is 14.3. The molecular weight excluding hydrogens is 489 g/mol. The van der Waals surface area contributed by atoms with Gasteiger partial charge in [-0.05, 0) is 54.7 Å². The van der Waals surface area contributed by atoms with Crippen LogP contribution in [0.4, 0.5) is 0 Å². The minimum absolute atomic E-state index is 0.00790. The Bertz CT molecular complexity index is 1210. The number of aromatic nitrogens is 2. The molecule has 1 aromatic heterocycles. The van der Waals surface area contributed by atoms with Crippen molar-refractivity contribution in [3.63, 3.8) is 0 Å². The lowest BCUT2D eigenvalue weighted by atomic mass is 9.66. The SMILES string of the molecule is CCC(CC)N1C(=O)[C@@](C)(Cc2nsc(=O)[nH]2)C[C@H](c2cccc(Cl)c2)[C@H]1c1ccc(Cl)cc1. The summed E-state index contributed by atoms with van der Waals surface area (Å²) in [6.07, 6.45) is 2.68. The highest BCUT2D eigenvalue weighted by Gasteiger charge is 2.51. The molecule has 1 amide bonds. The smallest absolute Gasteiger partial charge is 0.323 e. The molecule has 1 saturated heterocycles. The Hall–Kier alpha value is -2.15. The van der Waals surface area contributed by atoms with Gasteiger partial charge in [0.1, 0.15) is 5.82 Å². The monoisotopic (exact) mass is 517 g/mol. The molecule has 3 atom stereocenters. The van der Waals surface area contributed by atoms with Gasteiger partial charge in [0.15, 0.2) is 0 Å². The second-order valence-corrected chi connectivity index (χ2v) is 10.9. The van der Waals surface area contributed by atoms with Crippen molar-refractivity contribution in [2.75, 3.05) is 0 Å². The highest BCUT2D eigenvalue weighted by atomic mass is 35.5. The van der Waals surface area contributed by atoms with Crippen molar-refractivity contribution in [2.45, 2.75) is 64.5 Å². The Balaban J connectivity index is 1.88. The summed E-state index contributed by atoms with van der Waals surface area (Å²) in [6.45, 7) is 6.25. The first-order chi connectivity index (χ1) is 16.3. The average Bonchev–Trinajstić information content (AvgIpc) is 3.22. The maximum Gasteiger partial charge on any atom is 0.323 e. The molecule has 8 heteroatoms. The number of nitrogens with zero attached hydrogens (tertiary/aromatic N) is 2. The first kappa shape index (κ1) is 25.0. The van der Waals surface area contributed by atoms with Crippen molar-refractivity contribution in [3.05, 3.63) is 85.2 Å². The summed E-state index contributed by atoms with van der Waals surface area (Å²) in [7, 11) is 0. The van der Waals surface area contributed by atoms with E-state index in [1.54, 1.807) is 0 Å². The van der Waals surface area contributed by atoms with E-state index in [-0.39, 0.29) is 28.8 Å². The van der Waals surface area contributed by atoms with E-state index < -0.39 is 5.41 Å². The number of amides is 1. The van der Waals surface area contributed by atoms with Crippen molar-refractivity contribution in [1.82, 2.24) is 14.3 Å². The van der Waals surface area contributed by atoms with Gasteiger partial charge in [0.2, 0.25) is 5.91 Å². The van der Waals surface area contributed by atoms with Crippen LogP contribution in [0.2, 0.25) is 10.0 Å². The van der Waals surface area contributed by atoms with Crippen molar-refractivity contribution < 1.29 is 4.79 Å². The van der Waals surface area contributed by atoms with E-state index in [0.29, 0.717) is 28.7 Å². The van der Waals surface area contributed by atoms with Crippen LogP contribution in [0.15, 0.2) is 53.3 Å². The van der Waals surface area contributed by atoms with Gasteiger partial charge in [-0.25, -0.2) is 0 Å². The summed E-state index contributed by atoms with van der Waals surface area (Å²) in [4.78, 5) is 30.7. The standard InChI is InChI=1S/C26H29Cl2N3O2S/c1-4-20(5-2)31-23(16-9-11-18(27)12-10-16)21(17-7-6-8-19(28)13-17)14-26(3,24(31)32)15-22-29-25(33)34-30-22/h6-13,20-21,23H,4-5,14-15H2,1-3H3,(H,29,30,33)/t21-,23-,26-/m1/s1. The maximum atomic E-state index is 14.3. The van der Waals surface area contributed by atoms with Gasteiger partial charge in [-0.2, -0.15) is 4.37 Å². The van der Waals surface area contributed by atoms with E-state index in [9.17, 15) is 9.59 Å². The third kappa shape index (κ3) is 4.95. The minimum Gasteiger partial charge on any atom is -0.332 e. The van der Waals surface area contributed by atoms with Gasteiger partial charge in [-0.3, -0.25) is 14.6 Å². The number of hydrogen-bond donors (Lipinski definition) is 1. The molecular formula is C26H29Cl2N3O2S. The summed E-state index contributed by atoms with van der Waals surface area (Å²) in [5, 5.41) is 1.33. The molecule has 0 saturated carbocycles. The number of aromatic amines is 1. The molecule has 2 heterocycles. The highest BCUT2D eigenvalue weighted by Crippen LogP contribution is 2.52. The van der Waals surface area contributed by atoms with Crippen LogP contribution in [0.25, 0.3) is 0 Å². The summed E-state index contributed by atoms with van der Waals surface area (Å²) in [6, 6.07) is 15.6. The lowest BCUT2D eigenvalue weighted by Gasteiger charge is -2.52. The third-order valence-corrected chi connectivity index (χ3v) is 8.04. The molecule has 1 aliphatic heterocycles. The van der Waals surface area contributed by atoms with Crippen LogP contribution in [0.3, 0.4) is 0 Å². The zero-order valence-electron chi connectivity index (χ0n) is 19.6. The lowest BCUT2D eigenvalue weighted by Crippen LogP contribution is -2.56. The van der Waals surface area contributed by atoms with Crippen molar-refractivity contribution >= 4 is 40.6 Å². The van der Waals surface area contributed by atoms with Crippen molar-refractivity contribution in [3.8, 4) is 0 Å². The van der Waals surface area contributed by atoms with E-state index in [1.807, 2.05) is 49.4 Å². The molecule has 1 N–H and O–H groups in total. The zero-order chi connectivity index (χ0) is 24.5. The van der Waals surface area contributed by atoms with Crippen LogP contribution in [-0.2, 0) is 11.2 Å². The zero-order valence-corrected chi connectivity index (χ0v) is 21.9. The van der Waals surface area contributed by atoms with E-state index in [1.165, 1.54) is 0 Å². The van der Waals surface area contributed by atoms with Gasteiger partial charge >= 0.3 is 4.87 Å². The van der Waals surface area contributed by atoms with E-state index in [0.717, 1.165) is 35.5 Å². The number of carbonyl (C=O) groups is 1. The number of carbonyl (C=O) groups excluding carboxylic acids is 1. The normalized spacial score (nSPS) is 23.0. The Morgan fingerprint density at radius 1 is 1.09 bits per heavy atom. The van der Waals surface area contributed by atoms with Crippen LogP contribution >= 0.6 is 34.7 Å². The third-order valence-electron chi connectivity index (χ3n) is 6.97. The van der Waals surface area contributed by atoms with Crippen molar-refractivity contribution in [2.24, 2.45) is 5.41 Å². The number of nitrogens with one attached hydrogen (secondary N) is 1. The number of benzene rings is 2. The predicted octanol–water partition coefficient (Wildman–Crippen LogP) is 6.63. The Kier molecular flexibility index (Phi) is 7.51. The average molecular weight is 519 g/mol. The Labute approximate surface area is 214 Å². The topological polar surface area (TPSA) is 66.1 Å². The lowest BCUT2D eigenvalue weighted by molar-refractivity contribution is -0.155. The van der Waals surface area contributed by atoms with Crippen LogP contribution in [0.5, 0.6) is 0 Å². The fraction of sp³-hybridized carbons (Fsp3) is 0.423. The molecule has 1 fully saturated rings. The number of halogens is 2. The largest absolute Gasteiger partial charge is 0.332 e. The number of piperidine rings is 1. The van der Waals surface area contributed by atoms with Crippen LogP contribution in [-0.4, -0.2) is 26.2 Å². The molecule has 4 rings (SSSR count). The second-order valence-electron chi connectivity index (χ2n) is 9.32. The van der Waals surface area contributed by atoms with E-state index >= 15 is 0 Å².